The SMILES string of the molecule is [B](C1CCCCCCCCCCCCCC1)C1CCCCCCCCC1. The molecule has 2 aliphatic rings. The van der Waals surface area contributed by atoms with E-state index in [-0.39, 0.29) is 0 Å². The number of hydrogen-bond acceptors (Lipinski definition) is 0. The standard InChI is InChI=1S/C25H48B/c1-2-4-6-9-13-17-21-24(20-16-12-8-5-3-1)26-25-22-18-14-10-7-11-15-19-23-25/h24-25H,1-23H2. The molecule has 0 unspecified atom stereocenters. The third-order valence-electron chi connectivity index (χ3n) is 7.09. The van der Waals surface area contributed by atoms with Gasteiger partial charge >= 0.3 is 0 Å². The third kappa shape index (κ3) is 11.7. The van der Waals surface area contributed by atoms with Crippen molar-refractivity contribution in [1.29, 1.82) is 0 Å². The molecule has 0 bridgehead atoms. The lowest BCUT2D eigenvalue weighted by atomic mass is 9.50. The van der Waals surface area contributed by atoms with Crippen LogP contribution in [0, 0.1) is 0 Å². The van der Waals surface area contributed by atoms with E-state index in [0.29, 0.717) is 0 Å². The molecule has 0 aromatic carbocycles. The topological polar surface area (TPSA) is 0 Å². The molecular formula is C25H48B. The second-order valence-electron chi connectivity index (χ2n) is 9.58. The summed E-state index contributed by atoms with van der Waals surface area (Å²) in [6.45, 7) is 0. The molecule has 2 aliphatic carbocycles. The summed E-state index contributed by atoms with van der Waals surface area (Å²) < 4.78 is 0. The van der Waals surface area contributed by atoms with Crippen molar-refractivity contribution in [2.45, 2.75) is 159 Å². The fourth-order valence-electron chi connectivity index (χ4n) is 5.34. The van der Waals surface area contributed by atoms with E-state index in [2.05, 4.69) is 7.28 Å². The Kier molecular flexibility index (Phi) is 13.8. The van der Waals surface area contributed by atoms with Crippen molar-refractivity contribution < 1.29 is 0 Å². The molecule has 0 N–H and O–H groups in total. The lowest BCUT2D eigenvalue weighted by Crippen LogP contribution is -2.13. The molecule has 0 nitrogen and oxygen atoms in total. The van der Waals surface area contributed by atoms with Gasteiger partial charge in [0.2, 0.25) is 0 Å². The maximum atomic E-state index is 2.87. The van der Waals surface area contributed by atoms with Crippen LogP contribution in [0.3, 0.4) is 0 Å². The van der Waals surface area contributed by atoms with Crippen LogP contribution in [0.15, 0.2) is 0 Å². The minimum atomic E-state index is 0.938. The van der Waals surface area contributed by atoms with Gasteiger partial charge in [-0.15, -0.1) is 0 Å². The second kappa shape index (κ2) is 16.1. The molecular weight excluding hydrogens is 311 g/mol. The molecule has 0 saturated heterocycles. The first-order valence-electron chi connectivity index (χ1n) is 12.8. The molecule has 0 heterocycles. The highest BCUT2D eigenvalue weighted by atomic mass is 14.1. The molecule has 0 amide bonds. The van der Waals surface area contributed by atoms with E-state index >= 15 is 0 Å². The highest BCUT2D eigenvalue weighted by Crippen LogP contribution is 2.33. The molecule has 1 radical (unpaired) electrons. The van der Waals surface area contributed by atoms with Crippen molar-refractivity contribution in [2.24, 2.45) is 0 Å². The lowest BCUT2D eigenvalue weighted by molar-refractivity contribution is 0.492. The van der Waals surface area contributed by atoms with Gasteiger partial charge in [0.25, 0.3) is 0 Å². The third-order valence-corrected chi connectivity index (χ3v) is 7.09. The Balaban J connectivity index is 1.75. The van der Waals surface area contributed by atoms with Crippen LogP contribution in [0.25, 0.3) is 0 Å². The lowest BCUT2D eigenvalue weighted by Gasteiger charge is -2.24. The van der Waals surface area contributed by atoms with Gasteiger partial charge in [-0.25, -0.2) is 0 Å². The van der Waals surface area contributed by atoms with Gasteiger partial charge < -0.3 is 0 Å². The Morgan fingerprint density at radius 1 is 0.269 bits per heavy atom. The van der Waals surface area contributed by atoms with Gasteiger partial charge in [0.1, 0.15) is 7.28 Å². The summed E-state index contributed by atoms with van der Waals surface area (Å²) in [4.78, 5) is 0. The summed E-state index contributed by atoms with van der Waals surface area (Å²) in [5.41, 5.74) is 0. The zero-order valence-electron chi connectivity index (χ0n) is 18.0. The highest BCUT2D eigenvalue weighted by Gasteiger charge is 2.18. The van der Waals surface area contributed by atoms with Crippen LogP contribution in [-0.2, 0) is 0 Å². The summed E-state index contributed by atoms with van der Waals surface area (Å²) in [5.74, 6) is 1.88. The molecule has 0 atom stereocenters. The van der Waals surface area contributed by atoms with Crippen molar-refractivity contribution >= 4 is 7.28 Å². The normalized spacial score (nSPS) is 25.7. The average molecular weight is 359 g/mol. The van der Waals surface area contributed by atoms with Crippen LogP contribution in [-0.4, -0.2) is 7.28 Å². The van der Waals surface area contributed by atoms with Gasteiger partial charge in [-0.1, -0.05) is 159 Å². The van der Waals surface area contributed by atoms with Gasteiger partial charge in [0, 0.05) is 0 Å². The molecule has 151 valence electrons. The average Bonchev–Trinajstić information content (AvgIpc) is 2.67. The Bertz CT molecular complexity index is 275. The smallest absolute Gasteiger partial charge is 0.0686 e. The highest BCUT2D eigenvalue weighted by molar-refractivity contribution is 6.39. The van der Waals surface area contributed by atoms with Crippen molar-refractivity contribution in [2.75, 3.05) is 0 Å². The van der Waals surface area contributed by atoms with E-state index in [4.69, 9.17) is 0 Å². The van der Waals surface area contributed by atoms with E-state index < -0.39 is 0 Å². The summed E-state index contributed by atoms with van der Waals surface area (Å²) >= 11 is 0. The van der Waals surface area contributed by atoms with Crippen LogP contribution in [0.4, 0.5) is 0 Å². The van der Waals surface area contributed by atoms with Crippen LogP contribution >= 0.6 is 0 Å². The van der Waals surface area contributed by atoms with Crippen LogP contribution < -0.4 is 0 Å². The molecule has 0 aromatic heterocycles. The van der Waals surface area contributed by atoms with Crippen molar-refractivity contribution in [3.8, 4) is 0 Å². The predicted octanol–water partition coefficient (Wildman–Crippen LogP) is 9.27. The van der Waals surface area contributed by atoms with Gasteiger partial charge in [0.15, 0.2) is 0 Å². The van der Waals surface area contributed by atoms with Crippen molar-refractivity contribution in [3.05, 3.63) is 0 Å². The molecule has 2 saturated carbocycles. The quantitative estimate of drug-likeness (QED) is 0.431. The molecule has 0 spiro atoms. The molecule has 2 fully saturated rings. The maximum absolute atomic E-state index is 2.87. The Morgan fingerprint density at radius 3 is 0.692 bits per heavy atom. The largest absolute Gasteiger partial charge is 0.117 e. The summed E-state index contributed by atoms with van der Waals surface area (Å²) in [7, 11) is 2.87. The number of rotatable bonds is 2. The summed E-state index contributed by atoms with van der Waals surface area (Å²) in [6.07, 6.45) is 34.4. The van der Waals surface area contributed by atoms with Gasteiger partial charge in [0.05, 0.1) is 0 Å². The Labute approximate surface area is 166 Å². The van der Waals surface area contributed by atoms with E-state index in [1.165, 1.54) is 148 Å². The minimum Gasteiger partial charge on any atom is -0.0686 e. The van der Waals surface area contributed by atoms with E-state index in [0.717, 1.165) is 11.6 Å². The fraction of sp³-hybridized carbons (Fsp3) is 1.00. The molecule has 2 rings (SSSR count). The van der Waals surface area contributed by atoms with E-state index in [1.54, 1.807) is 0 Å². The molecule has 1 heteroatoms. The monoisotopic (exact) mass is 359 g/mol. The van der Waals surface area contributed by atoms with Gasteiger partial charge in [-0.2, -0.15) is 0 Å². The first-order valence-corrected chi connectivity index (χ1v) is 12.8. The summed E-state index contributed by atoms with van der Waals surface area (Å²) in [6, 6.07) is 0. The summed E-state index contributed by atoms with van der Waals surface area (Å²) in [5, 5.41) is 0. The van der Waals surface area contributed by atoms with Crippen molar-refractivity contribution in [1.82, 2.24) is 0 Å². The Hall–Kier alpha value is 0.0649. The second-order valence-corrected chi connectivity index (χ2v) is 9.58. The van der Waals surface area contributed by atoms with Gasteiger partial charge in [-0.05, 0) is 0 Å². The van der Waals surface area contributed by atoms with Gasteiger partial charge in [-0.3, -0.25) is 0 Å². The van der Waals surface area contributed by atoms with E-state index in [1.807, 2.05) is 0 Å². The van der Waals surface area contributed by atoms with Crippen molar-refractivity contribution in [3.63, 3.8) is 0 Å². The zero-order chi connectivity index (χ0) is 18.1. The Morgan fingerprint density at radius 2 is 0.462 bits per heavy atom. The molecule has 26 heavy (non-hydrogen) atoms. The first kappa shape index (κ1) is 22.4. The van der Waals surface area contributed by atoms with E-state index in [9.17, 15) is 0 Å². The minimum absolute atomic E-state index is 0.938. The predicted molar refractivity (Wildman–Crippen MR) is 119 cm³/mol. The molecule has 0 aliphatic heterocycles. The van der Waals surface area contributed by atoms with Crippen LogP contribution in [0.1, 0.15) is 148 Å². The van der Waals surface area contributed by atoms with Crippen LogP contribution in [0.5, 0.6) is 0 Å². The molecule has 0 aromatic rings. The fourth-order valence-corrected chi connectivity index (χ4v) is 5.34. The maximum Gasteiger partial charge on any atom is 0.117 e. The van der Waals surface area contributed by atoms with Crippen LogP contribution in [0.2, 0.25) is 11.6 Å². The first-order chi connectivity index (χ1) is 12.9. The number of hydrogen-bond donors (Lipinski definition) is 0. The zero-order valence-corrected chi connectivity index (χ0v) is 18.0.